The summed E-state index contributed by atoms with van der Waals surface area (Å²) in [4.78, 5) is 5.33. The Labute approximate surface area is 135 Å². The van der Waals surface area contributed by atoms with Gasteiger partial charge in [-0.2, -0.15) is 0 Å². The van der Waals surface area contributed by atoms with Crippen LogP contribution < -0.4 is 0 Å². The minimum Gasteiger partial charge on any atom is -0.379 e. The fourth-order valence-corrected chi connectivity index (χ4v) is 3.92. The highest BCUT2D eigenvalue weighted by Gasteiger charge is 2.33. The van der Waals surface area contributed by atoms with E-state index in [0.717, 1.165) is 38.3 Å². The molecule has 0 unspecified atom stereocenters. The molecule has 0 radical (unpaired) electrons. The van der Waals surface area contributed by atoms with Crippen LogP contribution in [0, 0.1) is 5.92 Å². The van der Waals surface area contributed by atoms with E-state index in [4.69, 9.17) is 4.74 Å². The molecule has 1 aromatic rings. The quantitative estimate of drug-likeness (QED) is 0.751. The van der Waals surface area contributed by atoms with Crippen LogP contribution in [0.15, 0.2) is 30.3 Å². The number of morpholine rings is 1. The highest BCUT2D eigenvalue weighted by Crippen LogP contribution is 2.23. The predicted molar refractivity (Wildman–Crippen MR) is 91.2 cm³/mol. The van der Waals surface area contributed by atoms with Gasteiger partial charge < -0.3 is 9.64 Å². The van der Waals surface area contributed by atoms with Crippen LogP contribution in [0.1, 0.15) is 25.3 Å². The summed E-state index contributed by atoms with van der Waals surface area (Å²) in [6, 6.07) is 11.6. The average Bonchev–Trinajstić information content (AvgIpc) is 2.94. The zero-order valence-corrected chi connectivity index (χ0v) is 13.9. The molecule has 2 heterocycles. The SMILES string of the molecule is C[C@H]1CN(CCCCc2ccccc2)C[C@@H]1N1CCOCC1. The first kappa shape index (κ1) is 16.0. The highest BCUT2D eigenvalue weighted by atomic mass is 16.5. The minimum absolute atomic E-state index is 0.748. The number of likely N-dealkylation sites (tertiary alicyclic amines) is 1. The molecule has 0 bridgehead atoms. The second kappa shape index (κ2) is 8.09. The van der Waals surface area contributed by atoms with Gasteiger partial charge in [0.15, 0.2) is 0 Å². The second-order valence-corrected chi connectivity index (χ2v) is 6.90. The molecule has 2 aliphatic rings. The summed E-state index contributed by atoms with van der Waals surface area (Å²) < 4.78 is 5.49. The number of aryl methyl sites for hydroxylation is 1. The van der Waals surface area contributed by atoms with Gasteiger partial charge in [0.25, 0.3) is 0 Å². The van der Waals surface area contributed by atoms with Gasteiger partial charge in [-0.1, -0.05) is 37.3 Å². The van der Waals surface area contributed by atoms with Crippen LogP contribution in [0.3, 0.4) is 0 Å². The Morgan fingerprint density at radius 3 is 2.59 bits per heavy atom. The molecular weight excluding hydrogens is 272 g/mol. The zero-order valence-electron chi connectivity index (χ0n) is 13.9. The van der Waals surface area contributed by atoms with Crippen LogP contribution in [0.4, 0.5) is 0 Å². The Bertz CT molecular complexity index is 430. The maximum atomic E-state index is 5.49. The molecule has 0 amide bonds. The number of nitrogens with zero attached hydrogens (tertiary/aromatic N) is 2. The van der Waals surface area contributed by atoms with Crippen LogP contribution in [0.5, 0.6) is 0 Å². The van der Waals surface area contributed by atoms with Gasteiger partial charge in [-0.3, -0.25) is 4.90 Å². The first-order chi connectivity index (χ1) is 10.8. The van der Waals surface area contributed by atoms with E-state index in [1.165, 1.54) is 44.5 Å². The van der Waals surface area contributed by atoms with Gasteiger partial charge in [0, 0.05) is 32.2 Å². The minimum atomic E-state index is 0.748. The van der Waals surface area contributed by atoms with Gasteiger partial charge in [-0.15, -0.1) is 0 Å². The third kappa shape index (κ3) is 4.31. The lowest BCUT2D eigenvalue weighted by Gasteiger charge is -2.34. The number of ether oxygens (including phenoxy) is 1. The number of unbranched alkanes of at least 4 members (excludes halogenated alkanes) is 1. The molecule has 22 heavy (non-hydrogen) atoms. The van der Waals surface area contributed by atoms with Crippen molar-refractivity contribution in [2.75, 3.05) is 45.9 Å². The van der Waals surface area contributed by atoms with Crippen molar-refractivity contribution in [1.82, 2.24) is 9.80 Å². The van der Waals surface area contributed by atoms with E-state index in [1.54, 1.807) is 0 Å². The van der Waals surface area contributed by atoms with Crippen molar-refractivity contribution >= 4 is 0 Å². The van der Waals surface area contributed by atoms with E-state index in [0.29, 0.717) is 0 Å². The number of hydrogen-bond donors (Lipinski definition) is 0. The maximum Gasteiger partial charge on any atom is 0.0594 e. The molecule has 2 fully saturated rings. The van der Waals surface area contributed by atoms with E-state index >= 15 is 0 Å². The third-order valence-corrected chi connectivity index (χ3v) is 5.20. The Balaban J connectivity index is 1.37. The Kier molecular flexibility index (Phi) is 5.88. The fraction of sp³-hybridized carbons (Fsp3) is 0.684. The van der Waals surface area contributed by atoms with Gasteiger partial charge in [-0.25, -0.2) is 0 Å². The summed E-state index contributed by atoms with van der Waals surface area (Å²) in [5, 5.41) is 0. The molecule has 0 spiro atoms. The number of hydrogen-bond acceptors (Lipinski definition) is 3. The summed E-state index contributed by atoms with van der Waals surface area (Å²) in [7, 11) is 0. The molecule has 122 valence electrons. The molecule has 1 aromatic carbocycles. The first-order valence-electron chi connectivity index (χ1n) is 8.91. The van der Waals surface area contributed by atoms with Crippen molar-refractivity contribution in [2.45, 2.75) is 32.2 Å². The molecule has 2 aliphatic heterocycles. The van der Waals surface area contributed by atoms with Crippen LogP contribution in [-0.2, 0) is 11.2 Å². The predicted octanol–water partition coefficient (Wildman–Crippen LogP) is 2.66. The normalized spacial score (nSPS) is 27.3. The van der Waals surface area contributed by atoms with Gasteiger partial charge in [0.05, 0.1) is 13.2 Å². The van der Waals surface area contributed by atoms with Crippen molar-refractivity contribution < 1.29 is 4.74 Å². The molecule has 3 rings (SSSR count). The number of rotatable bonds is 6. The topological polar surface area (TPSA) is 15.7 Å². The molecule has 3 nitrogen and oxygen atoms in total. The summed E-state index contributed by atoms with van der Waals surface area (Å²) in [6.07, 6.45) is 3.84. The van der Waals surface area contributed by atoms with Crippen LogP contribution in [0.25, 0.3) is 0 Å². The summed E-state index contributed by atoms with van der Waals surface area (Å²) in [6.45, 7) is 10.3. The van der Waals surface area contributed by atoms with Crippen molar-refractivity contribution in [3.8, 4) is 0 Å². The highest BCUT2D eigenvalue weighted by molar-refractivity contribution is 5.14. The lowest BCUT2D eigenvalue weighted by molar-refractivity contribution is 0.0118. The fourth-order valence-electron chi connectivity index (χ4n) is 3.92. The lowest BCUT2D eigenvalue weighted by Crippen LogP contribution is -2.46. The van der Waals surface area contributed by atoms with Gasteiger partial charge >= 0.3 is 0 Å². The van der Waals surface area contributed by atoms with Crippen LogP contribution in [0.2, 0.25) is 0 Å². The Hall–Kier alpha value is -0.900. The van der Waals surface area contributed by atoms with Gasteiger partial charge in [0.2, 0.25) is 0 Å². The monoisotopic (exact) mass is 302 g/mol. The molecule has 0 saturated carbocycles. The van der Waals surface area contributed by atoms with E-state index in [-0.39, 0.29) is 0 Å². The van der Waals surface area contributed by atoms with Crippen LogP contribution >= 0.6 is 0 Å². The third-order valence-electron chi connectivity index (χ3n) is 5.20. The Morgan fingerprint density at radius 1 is 1.05 bits per heavy atom. The zero-order chi connectivity index (χ0) is 15.2. The molecule has 0 aliphatic carbocycles. The van der Waals surface area contributed by atoms with Crippen LogP contribution in [-0.4, -0.2) is 61.8 Å². The standard InChI is InChI=1S/C19H30N2O/c1-17-15-20(16-19(17)21-11-13-22-14-12-21)10-6-5-9-18-7-3-2-4-8-18/h2-4,7-8,17,19H,5-6,9-16H2,1H3/t17-,19-/m0/s1. The van der Waals surface area contributed by atoms with E-state index in [2.05, 4.69) is 47.1 Å². The maximum absolute atomic E-state index is 5.49. The molecule has 3 heteroatoms. The van der Waals surface area contributed by atoms with Crippen molar-refractivity contribution in [1.29, 1.82) is 0 Å². The number of benzene rings is 1. The first-order valence-corrected chi connectivity index (χ1v) is 8.91. The summed E-state index contributed by atoms with van der Waals surface area (Å²) in [5.41, 5.74) is 1.48. The largest absolute Gasteiger partial charge is 0.379 e. The summed E-state index contributed by atoms with van der Waals surface area (Å²) in [5.74, 6) is 0.798. The van der Waals surface area contributed by atoms with E-state index < -0.39 is 0 Å². The van der Waals surface area contributed by atoms with E-state index in [9.17, 15) is 0 Å². The van der Waals surface area contributed by atoms with Gasteiger partial charge in [0.1, 0.15) is 0 Å². The Morgan fingerprint density at radius 2 is 1.82 bits per heavy atom. The van der Waals surface area contributed by atoms with Crippen molar-refractivity contribution in [3.05, 3.63) is 35.9 Å². The second-order valence-electron chi connectivity index (χ2n) is 6.90. The van der Waals surface area contributed by atoms with Gasteiger partial charge in [-0.05, 0) is 37.3 Å². The molecule has 2 saturated heterocycles. The smallest absolute Gasteiger partial charge is 0.0594 e. The average molecular weight is 302 g/mol. The van der Waals surface area contributed by atoms with Crippen molar-refractivity contribution in [3.63, 3.8) is 0 Å². The molecular formula is C19H30N2O. The molecule has 0 N–H and O–H groups in total. The van der Waals surface area contributed by atoms with Crippen molar-refractivity contribution in [2.24, 2.45) is 5.92 Å². The summed E-state index contributed by atoms with van der Waals surface area (Å²) >= 11 is 0. The van der Waals surface area contributed by atoms with E-state index in [1.807, 2.05) is 0 Å². The molecule has 2 atom stereocenters. The molecule has 0 aromatic heterocycles. The lowest BCUT2D eigenvalue weighted by atomic mass is 10.0.